The molecule has 4 heteroatoms. The SMILES string of the molecule is CNc1nc(C(C)C)nc(N2CCC(C)CC2)c1C. The third-order valence-electron chi connectivity index (χ3n) is 3.97. The van der Waals surface area contributed by atoms with Crippen LogP contribution in [0.2, 0.25) is 0 Å². The lowest BCUT2D eigenvalue weighted by molar-refractivity contribution is 0.435. The van der Waals surface area contributed by atoms with Gasteiger partial charge in [-0.05, 0) is 25.7 Å². The van der Waals surface area contributed by atoms with Gasteiger partial charge in [0.15, 0.2) is 0 Å². The zero-order chi connectivity index (χ0) is 14.0. The monoisotopic (exact) mass is 262 g/mol. The van der Waals surface area contributed by atoms with Crippen LogP contribution >= 0.6 is 0 Å². The molecular formula is C15H26N4. The Kier molecular flexibility index (Phi) is 4.27. The maximum atomic E-state index is 4.80. The minimum absolute atomic E-state index is 0.357. The number of hydrogen-bond acceptors (Lipinski definition) is 4. The van der Waals surface area contributed by atoms with Crippen LogP contribution in [0.15, 0.2) is 0 Å². The van der Waals surface area contributed by atoms with Crippen LogP contribution in [-0.2, 0) is 0 Å². The fourth-order valence-electron chi connectivity index (χ4n) is 2.55. The minimum Gasteiger partial charge on any atom is -0.373 e. The highest BCUT2D eigenvalue weighted by atomic mass is 15.2. The lowest BCUT2D eigenvalue weighted by atomic mass is 9.99. The van der Waals surface area contributed by atoms with Crippen molar-refractivity contribution < 1.29 is 0 Å². The molecule has 106 valence electrons. The number of anilines is 2. The summed E-state index contributed by atoms with van der Waals surface area (Å²) in [7, 11) is 1.93. The molecule has 4 nitrogen and oxygen atoms in total. The number of hydrogen-bond donors (Lipinski definition) is 1. The van der Waals surface area contributed by atoms with Crippen molar-refractivity contribution in [3.63, 3.8) is 0 Å². The second-order valence-electron chi connectivity index (χ2n) is 5.95. The van der Waals surface area contributed by atoms with Gasteiger partial charge in [-0.1, -0.05) is 20.8 Å². The molecule has 0 spiro atoms. The van der Waals surface area contributed by atoms with Gasteiger partial charge in [0.05, 0.1) is 0 Å². The number of rotatable bonds is 3. The Morgan fingerprint density at radius 3 is 2.37 bits per heavy atom. The molecule has 0 atom stereocenters. The average molecular weight is 262 g/mol. The molecule has 0 radical (unpaired) electrons. The Hall–Kier alpha value is -1.32. The fourth-order valence-corrected chi connectivity index (χ4v) is 2.55. The Bertz CT molecular complexity index is 434. The van der Waals surface area contributed by atoms with E-state index in [4.69, 9.17) is 4.98 Å². The van der Waals surface area contributed by atoms with Crippen LogP contribution in [0.3, 0.4) is 0 Å². The first-order valence-corrected chi connectivity index (χ1v) is 7.34. The van der Waals surface area contributed by atoms with E-state index in [9.17, 15) is 0 Å². The van der Waals surface area contributed by atoms with E-state index in [1.165, 1.54) is 18.4 Å². The molecule has 1 aromatic heterocycles. The first-order valence-electron chi connectivity index (χ1n) is 7.34. The Morgan fingerprint density at radius 1 is 1.21 bits per heavy atom. The topological polar surface area (TPSA) is 41.1 Å². The molecule has 1 aliphatic rings. The molecule has 0 aliphatic carbocycles. The van der Waals surface area contributed by atoms with Crippen LogP contribution in [-0.4, -0.2) is 30.1 Å². The van der Waals surface area contributed by atoms with Gasteiger partial charge < -0.3 is 10.2 Å². The Balaban J connectivity index is 2.35. The summed E-state index contributed by atoms with van der Waals surface area (Å²) < 4.78 is 0. The van der Waals surface area contributed by atoms with Gasteiger partial charge in [-0.3, -0.25) is 0 Å². The van der Waals surface area contributed by atoms with Crippen LogP contribution in [0.5, 0.6) is 0 Å². The van der Waals surface area contributed by atoms with Crippen LogP contribution in [0.4, 0.5) is 11.6 Å². The third kappa shape index (κ3) is 2.99. The van der Waals surface area contributed by atoms with E-state index in [1.807, 2.05) is 7.05 Å². The van der Waals surface area contributed by atoms with Crippen molar-refractivity contribution in [3.05, 3.63) is 11.4 Å². The molecule has 2 rings (SSSR count). The quantitative estimate of drug-likeness (QED) is 0.908. The summed E-state index contributed by atoms with van der Waals surface area (Å²) in [6.07, 6.45) is 2.52. The summed E-state index contributed by atoms with van der Waals surface area (Å²) in [5, 5.41) is 3.20. The van der Waals surface area contributed by atoms with E-state index in [0.29, 0.717) is 5.92 Å². The van der Waals surface area contributed by atoms with Gasteiger partial charge >= 0.3 is 0 Å². The van der Waals surface area contributed by atoms with Crippen molar-refractivity contribution in [1.82, 2.24) is 9.97 Å². The highest BCUT2D eigenvalue weighted by molar-refractivity contribution is 5.58. The van der Waals surface area contributed by atoms with Crippen molar-refractivity contribution in [2.24, 2.45) is 5.92 Å². The van der Waals surface area contributed by atoms with E-state index in [-0.39, 0.29) is 0 Å². The van der Waals surface area contributed by atoms with E-state index < -0.39 is 0 Å². The van der Waals surface area contributed by atoms with Crippen molar-refractivity contribution in [1.29, 1.82) is 0 Å². The molecule has 1 fully saturated rings. The first-order chi connectivity index (χ1) is 9.02. The molecule has 0 unspecified atom stereocenters. The van der Waals surface area contributed by atoms with Crippen LogP contribution in [0, 0.1) is 12.8 Å². The number of nitrogens with zero attached hydrogens (tertiary/aromatic N) is 3. The maximum Gasteiger partial charge on any atom is 0.137 e. The van der Waals surface area contributed by atoms with Gasteiger partial charge in [0.25, 0.3) is 0 Å². The molecule has 1 aliphatic heterocycles. The second kappa shape index (κ2) is 5.76. The van der Waals surface area contributed by atoms with E-state index in [0.717, 1.165) is 36.5 Å². The standard InChI is InChI=1S/C15H26N4/c1-10(2)13-17-14(16-5)12(4)15(18-13)19-8-6-11(3)7-9-19/h10-11H,6-9H2,1-5H3,(H,16,17,18). The van der Waals surface area contributed by atoms with Crippen LogP contribution in [0.1, 0.15) is 50.9 Å². The smallest absolute Gasteiger partial charge is 0.137 e. The van der Waals surface area contributed by atoms with Crippen molar-refractivity contribution in [3.8, 4) is 0 Å². The number of aromatic nitrogens is 2. The zero-order valence-electron chi connectivity index (χ0n) is 12.8. The Morgan fingerprint density at radius 2 is 1.84 bits per heavy atom. The summed E-state index contributed by atoms with van der Waals surface area (Å²) in [4.78, 5) is 11.8. The molecule has 0 amide bonds. The molecule has 1 N–H and O–H groups in total. The molecule has 1 aromatic rings. The van der Waals surface area contributed by atoms with Crippen LogP contribution in [0.25, 0.3) is 0 Å². The Labute approximate surface area is 116 Å². The largest absolute Gasteiger partial charge is 0.373 e. The maximum absolute atomic E-state index is 4.80. The van der Waals surface area contributed by atoms with Gasteiger partial charge in [0, 0.05) is 31.6 Å². The van der Waals surface area contributed by atoms with Gasteiger partial charge in [-0.15, -0.1) is 0 Å². The van der Waals surface area contributed by atoms with Gasteiger partial charge in [0.2, 0.25) is 0 Å². The molecular weight excluding hydrogens is 236 g/mol. The van der Waals surface area contributed by atoms with Gasteiger partial charge in [-0.2, -0.15) is 0 Å². The molecule has 0 bridgehead atoms. The summed E-state index contributed by atoms with van der Waals surface area (Å²) in [5.41, 5.74) is 1.17. The van der Waals surface area contributed by atoms with E-state index >= 15 is 0 Å². The van der Waals surface area contributed by atoms with Crippen molar-refractivity contribution in [2.45, 2.75) is 46.5 Å². The van der Waals surface area contributed by atoms with Crippen molar-refractivity contribution >= 4 is 11.6 Å². The van der Waals surface area contributed by atoms with Crippen molar-refractivity contribution in [2.75, 3.05) is 30.4 Å². The summed E-state index contributed by atoms with van der Waals surface area (Å²) in [5.74, 6) is 4.22. The minimum atomic E-state index is 0.357. The predicted octanol–water partition coefficient (Wildman–Crippen LogP) is 3.19. The second-order valence-corrected chi connectivity index (χ2v) is 5.95. The summed E-state index contributed by atoms with van der Waals surface area (Å²) in [6, 6.07) is 0. The van der Waals surface area contributed by atoms with E-state index in [1.54, 1.807) is 0 Å². The fraction of sp³-hybridized carbons (Fsp3) is 0.733. The molecule has 2 heterocycles. The number of nitrogens with one attached hydrogen (secondary N) is 1. The normalized spacial score (nSPS) is 17.1. The first kappa shape index (κ1) is 14.1. The zero-order valence-corrected chi connectivity index (χ0v) is 12.8. The lowest BCUT2D eigenvalue weighted by Gasteiger charge is -2.32. The molecule has 0 aromatic carbocycles. The number of piperidine rings is 1. The van der Waals surface area contributed by atoms with E-state index in [2.05, 4.69) is 42.9 Å². The summed E-state index contributed by atoms with van der Waals surface area (Å²) >= 11 is 0. The van der Waals surface area contributed by atoms with Gasteiger partial charge in [0.1, 0.15) is 17.5 Å². The lowest BCUT2D eigenvalue weighted by Crippen LogP contribution is -2.34. The molecule has 0 saturated carbocycles. The van der Waals surface area contributed by atoms with Gasteiger partial charge in [-0.25, -0.2) is 9.97 Å². The highest BCUT2D eigenvalue weighted by Gasteiger charge is 2.21. The molecule has 1 saturated heterocycles. The average Bonchev–Trinajstić information content (AvgIpc) is 2.40. The molecule has 19 heavy (non-hydrogen) atoms. The predicted molar refractivity (Wildman–Crippen MR) is 81.0 cm³/mol. The highest BCUT2D eigenvalue weighted by Crippen LogP contribution is 2.29. The summed E-state index contributed by atoms with van der Waals surface area (Å²) in [6.45, 7) is 11.0. The third-order valence-corrected chi connectivity index (χ3v) is 3.97. The van der Waals surface area contributed by atoms with Crippen LogP contribution < -0.4 is 10.2 Å².